The molecule has 2 aromatic rings. The number of amides is 1. The highest BCUT2D eigenvalue weighted by atomic mass is 32.2. The van der Waals surface area contributed by atoms with Crippen LogP contribution < -0.4 is 10.0 Å². The second kappa shape index (κ2) is 9.18. The van der Waals surface area contributed by atoms with Crippen molar-refractivity contribution in [2.24, 2.45) is 0 Å². The first-order chi connectivity index (χ1) is 12.4. The van der Waals surface area contributed by atoms with Crippen molar-refractivity contribution in [3.63, 3.8) is 0 Å². The number of hydrogen-bond donors (Lipinski definition) is 2. The predicted octanol–water partition coefficient (Wildman–Crippen LogP) is 2.14. The normalized spacial score (nSPS) is 10.7. The minimum Gasteiger partial charge on any atom is -0.345 e. The van der Waals surface area contributed by atoms with Gasteiger partial charge in [-0.05, 0) is 43.2 Å². The Morgan fingerprint density at radius 3 is 2.54 bits per heavy atom. The van der Waals surface area contributed by atoms with E-state index in [9.17, 15) is 13.2 Å². The summed E-state index contributed by atoms with van der Waals surface area (Å²) in [5, 5.41) is 2.65. The van der Waals surface area contributed by atoms with Crippen molar-refractivity contribution < 1.29 is 13.2 Å². The lowest BCUT2D eigenvalue weighted by Crippen LogP contribution is -2.31. The summed E-state index contributed by atoms with van der Waals surface area (Å²) in [7, 11) is -3.63. The minimum absolute atomic E-state index is 0.0354. The van der Waals surface area contributed by atoms with Crippen LogP contribution in [0.25, 0.3) is 0 Å². The zero-order valence-electron chi connectivity index (χ0n) is 14.9. The van der Waals surface area contributed by atoms with Gasteiger partial charge in [0.25, 0.3) is 0 Å². The molecule has 0 aliphatic carbocycles. The molecule has 0 bridgehead atoms. The van der Waals surface area contributed by atoms with Crippen molar-refractivity contribution in [1.82, 2.24) is 10.0 Å². The van der Waals surface area contributed by atoms with E-state index in [-0.39, 0.29) is 30.3 Å². The van der Waals surface area contributed by atoms with Gasteiger partial charge in [0.05, 0.1) is 11.4 Å². The third kappa shape index (κ3) is 6.03. The molecule has 0 unspecified atom stereocenters. The Balaban J connectivity index is 1.79. The van der Waals surface area contributed by atoms with Gasteiger partial charge in [-0.2, -0.15) is 0 Å². The maximum absolute atomic E-state index is 12.3. The van der Waals surface area contributed by atoms with E-state index in [0.717, 1.165) is 11.1 Å². The van der Waals surface area contributed by atoms with Gasteiger partial charge in [-0.15, -0.1) is 0 Å². The van der Waals surface area contributed by atoms with E-state index in [2.05, 4.69) is 21.9 Å². The van der Waals surface area contributed by atoms with Gasteiger partial charge in [0.15, 0.2) is 0 Å². The van der Waals surface area contributed by atoms with Crippen molar-refractivity contribution in [2.45, 2.75) is 25.2 Å². The van der Waals surface area contributed by atoms with Crippen molar-refractivity contribution >= 4 is 15.9 Å². The average Bonchev–Trinajstić information content (AvgIpc) is 2.61. The number of benzene rings is 2. The van der Waals surface area contributed by atoms with Crippen LogP contribution in [0, 0.1) is 25.7 Å². The van der Waals surface area contributed by atoms with E-state index in [0.29, 0.717) is 5.56 Å². The summed E-state index contributed by atoms with van der Waals surface area (Å²) in [5.74, 6) is 5.54. The molecule has 6 heteroatoms. The van der Waals surface area contributed by atoms with Crippen molar-refractivity contribution in [3.8, 4) is 11.8 Å². The van der Waals surface area contributed by atoms with Crippen molar-refractivity contribution in [2.75, 3.05) is 13.1 Å². The smallest absolute Gasteiger partial charge is 0.240 e. The van der Waals surface area contributed by atoms with Crippen LogP contribution in [0.4, 0.5) is 0 Å². The molecule has 0 fully saturated rings. The third-order valence-electron chi connectivity index (χ3n) is 3.66. The topological polar surface area (TPSA) is 75.3 Å². The maximum atomic E-state index is 12.3. The highest BCUT2D eigenvalue weighted by Gasteiger charge is 2.16. The molecule has 2 N–H and O–H groups in total. The van der Waals surface area contributed by atoms with Gasteiger partial charge in [-0.3, -0.25) is 4.79 Å². The predicted molar refractivity (Wildman–Crippen MR) is 102 cm³/mol. The molecule has 0 saturated heterocycles. The van der Waals surface area contributed by atoms with Crippen molar-refractivity contribution in [3.05, 3.63) is 65.2 Å². The molecule has 0 radical (unpaired) electrons. The van der Waals surface area contributed by atoms with Crippen LogP contribution in [0.5, 0.6) is 0 Å². The van der Waals surface area contributed by atoms with Crippen LogP contribution in [-0.2, 0) is 14.8 Å². The number of sulfonamides is 1. The fraction of sp³-hybridized carbons (Fsp3) is 0.250. The van der Waals surface area contributed by atoms with Crippen LogP contribution in [0.3, 0.4) is 0 Å². The summed E-state index contributed by atoms with van der Waals surface area (Å²) in [6.45, 7) is 3.83. The van der Waals surface area contributed by atoms with E-state index < -0.39 is 10.0 Å². The number of aryl methyl sites for hydroxylation is 2. The standard InChI is InChI=1S/C20H22N2O3S/c1-16-10-11-17(2)19(15-16)26(24,25)22-14-12-20(23)21-13-6-9-18-7-4-3-5-8-18/h3-5,7-8,10-11,15,22H,12-14H2,1-2H3,(H,21,23). The Morgan fingerprint density at radius 2 is 1.81 bits per heavy atom. The Bertz CT molecular complexity index is 927. The Hall–Kier alpha value is -2.62. The Morgan fingerprint density at radius 1 is 1.08 bits per heavy atom. The van der Waals surface area contributed by atoms with Crippen LogP contribution in [0.1, 0.15) is 23.1 Å². The van der Waals surface area contributed by atoms with E-state index in [1.807, 2.05) is 43.3 Å². The zero-order valence-corrected chi connectivity index (χ0v) is 15.7. The molecule has 0 aliphatic heterocycles. The van der Waals surface area contributed by atoms with E-state index in [1.54, 1.807) is 19.1 Å². The number of nitrogens with one attached hydrogen (secondary N) is 2. The maximum Gasteiger partial charge on any atom is 0.240 e. The van der Waals surface area contributed by atoms with Crippen LogP contribution >= 0.6 is 0 Å². The van der Waals surface area contributed by atoms with Gasteiger partial charge in [0.2, 0.25) is 15.9 Å². The largest absolute Gasteiger partial charge is 0.345 e. The molecular formula is C20H22N2O3S. The molecule has 2 aromatic carbocycles. The highest BCUT2D eigenvalue weighted by Crippen LogP contribution is 2.16. The molecule has 2 rings (SSSR count). The second-order valence-corrected chi connectivity index (χ2v) is 7.60. The highest BCUT2D eigenvalue weighted by molar-refractivity contribution is 7.89. The summed E-state index contributed by atoms with van der Waals surface area (Å²) in [6, 6.07) is 14.7. The first kappa shape index (κ1) is 19.7. The lowest BCUT2D eigenvalue weighted by molar-refractivity contribution is -0.120. The summed E-state index contributed by atoms with van der Waals surface area (Å²) < 4.78 is 27.1. The molecule has 0 atom stereocenters. The van der Waals surface area contributed by atoms with Gasteiger partial charge in [0.1, 0.15) is 0 Å². The average molecular weight is 370 g/mol. The van der Waals surface area contributed by atoms with Gasteiger partial charge in [0, 0.05) is 18.5 Å². The lowest BCUT2D eigenvalue weighted by Gasteiger charge is -2.10. The number of hydrogen-bond acceptors (Lipinski definition) is 3. The first-order valence-corrected chi connectivity index (χ1v) is 9.74. The fourth-order valence-electron chi connectivity index (χ4n) is 2.27. The molecule has 0 aliphatic rings. The fourth-order valence-corrected chi connectivity index (χ4v) is 3.63. The number of rotatable bonds is 6. The van der Waals surface area contributed by atoms with Crippen molar-refractivity contribution in [1.29, 1.82) is 0 Å². The molecule has 0 aromatic heterocycles. The quantitative estimate of drug-likeness (QED) is 0.765. The molecule has 0 spiro atoms. The van der Waals surface area contributed by atoms with Gasteiger partial charge < -0.3 is 5.32 Å². The molecule has 136 valence electrons. The molecule has 26 heavy (non-hydrogen) atoms. The number of carbonyl (C=O) groups is 1. The van der Waals surface area contributed by atoms with Crippen LogP contribution in [0.2, 0.25) is 0 Å². The van der Waals surface area contributed by atoms with Crippen LogP contribution in [0.15, 0.2) is 53.4 Å². The first-order valence-electron chi connectivity index (χ1n) is 8.26. The third-order valence-corrected chi connectivity index (χ3v) is 5.26. The van der Waals surface area contributed by atoms with Gasteiger partial charge >= 0.3 is 0 Å². The Labute approximate surface area is 154 Å². The summed E-state index contributed by atoms with van der Waals surface area (Å²) in [5.41, 5.74) is 2.41. The molecular weight excluding hydrogens is 348 g/mol. The summed E-state index contributed by atoms with van der Waals surface area (Å²) in [6.07, 6.45) is 0.0527. The van der Waals surface area contributed by atoms with Gasteiger partial charge in [-0.25, -0.2) is 13.1 Å². The van der Waals surface area contributed by atoms with E-state index in [1.165, 1.54) is 0 Å². The van der Waals surface area contributed by atoms with E-state index in [4.69, 9.17) is 0 Å². The molecule has 0 saturated carbocycles. The zero-order chi connectivity index (χ0) is 19.0. The summed E-state index contributed by atoms with van der Waals surface area (Å²) in [4.78, 5) is 12.0. The number of carbonyl (C=O) groups excluding carboxylic acids is 1. The molecule has 5 nitrogen and oxygen atoms in total. The van der Waals surface area contributed by atoms with Crippen LogP contribution in [-0.4, -0.2) is 27.4 Å². The lowest BCUT2D eigenvalue weighted by atomic mass is 10.2. The SMILES string of the molecule is Cc1ccc(C)c(S(=O)(=O)NCCC(=O)NCC#Cc2ccccc2)c1. The monoisotopic (exact) mass is 370 g/mol. The second-order valence-electron chi connectivity index (χ2n) is 5.86. The molecule has 0 heterocycles. The van der Waals surface area contributed by atoms with Gasteiger partial charge in [-0.1, -0.05) is 42.2 Å². The molecule has 1 amide bonds. The Kier molecular flexibility index (Phi) is 6.96. The summed E-state index contributed by atoms with van der Waals surface area (Å²) >= 11 is 0. The van der Waals surface area contributed by atoms with E-state index >= 15 is 0 Å². The minimum atomic E-state index is -3.63.